The van der Waals surface area contributed by atoms with Crippen LogP contribution < -0.4 is 10.3 Å². The van der Waals surface area contributed by atoms with Gasteiger partial charge in [0.15, 0.2) is 5.16 Å². The summed E-state index contributed by atoms with van der Waals surface area (Å²) in [4.78, 5) is 20.8. The van der Waals surface area contributed by atoms with Gasteiger partial charge < -0.3 is 9.64 Å². The van der Waals surface area contributed by atoms with Gasteiger partial charge >= 0.3 is 0 Å². The maximum Gasteiger partial charge on any atom is 0.262 e. The Morgan fingerprint density at radius 1 is 0.912 bits per heavy atom. The lowest BCUT2D eigenvalue weighted by molar-refractivity contribution is 0.223. The van der Waals surface area contributed by atoms with E-state index in [0.717, 1.165) is 36.1 Å². The Bertz CT molecular complexity index is 1260. The van der Waals surface area contributed by atoms with Crippen molar-refractivity contribution in [1.29, 1.82) is 0 Å². The van der Waals surface area contributed by atoms with Crippen LogP contribution in [0.3, 0.4) is 0 Å². The summed E-state index contributed by atoms with van der Waals surface area (Å²) in [6, 6.07) is 25.9. The topological polar surface area (TPSA) is 47.4 Å². The fraction of sp³-hybridized carbons (Fsp3) is 0.286. The Morgan fingerprint density at radius 2 is 1.59 bits per heavy atom. The van der Waals surface area contributed by atoms with Crippen LogP contribution in [0.25, 0.3) is 10.9 Å². The number of thioether (sulfide) groups is 1. The molecule has 0 aliphatic rings. The smallest absolute Gasteiger partial charge is 0.262 e. The van der Waals surface area contributed by atoms with E-state index in [0.29, 0.717) is 29.8 Å². The summed E-state index contributed by atoms with van der Waals surface area (Å²) in [7, 11) is 0. The Kier molecular flexibility index (Phi) is 8.39. The van der Waals surface area contributed by atoms with Gasteiger partial charge in [-0.2, -0.15) is 0 Å². The van der Waals surface area contributed by atoms with Crippen LogP contribution in [0.1, 0.15) is 25.0 Å². The summed E-state index contributed by atoms with van der Waals surface area (Å²) >= 11 is 1.59. The fourth-order valence-corrected chi connectivity index (χ4v) is 4.79. The standard InChI is InChI=1S/C28H31N3O2S/c1-3-30(4-2)17-18-33-24-15-16-26-25(19-24)27(32)31(20-22-11-7-5-8-12-22)28(29-26)34-21-23-13-9-6-10-14-23/h5-16,19H,3-4,17-18,20-21H2,1-2H3. The van der Waals surface area contributed by atoms with Crippen LogP contribution in [0.4, 0.5) is 0 Å². The zero-order chi connectivity index (χ0) is 23.8. The predicted octanol–water partition coefficient (Wildman–Crippen LogP) is 5.46. The highest BCUT2D eigenvalue weighted by Gasteiger charge is 2.14. The number of nitrogens with zero attached hydrogens (tertiary/aromatic N) is 3. The molecule has 1 aromatic heterocycles. The second-order valence-corrected chi connectivity index (χ2v) is 9.04. The van der Waals surface area contributed by atoms with Gasteiger partial charge in [0.1, 0.15) is 12.4 Å². The van der Waals surface area contributed by atoms with Crippen LogP contribution >= 0.6 is 11.8 Å². The minimum Gasteiger partial charge on any atom is -0.492 e. The van der Waals surface area contributed by atoms with E-state index in [2.05, 4.69) is 30.9 Å². The monoisotopic (exact) mass is 473 g/mol. The summed E-state index contributed by atoms with van der Waals surface area (Å²) in [5.41, 5.74) is 2.92. The minimum absolute atomic E-state index is 0.0430. The van der Waals surface area contributed by atoms with Gasteiger partial charge in [-0.05, 0) is 42.4 Å². The summed E-state index contributed by atoms with van der Waals surface area (Å²) in [5.74, 6) is 1.45. The Hall–Kier alpha value is -3.09. The maximum absolute atomic E-state index is 13.6. The van der Waals surface area contributed by atoms with Crippen molar-refractivity contribution in [3.63, 3.8) is 0 Å². The summed E-state index contributed by atoms with van der Waals surface area (Å²) in [6.07, 6.45) is 0. The van der Waals surface area contributed by atoms with Gasteiger partial charge in [0.05, 0.1) is 17.4 Å². The highest BCUT2D eigenvalue weighted by molar-refractivity contribution is 7.98. The fourth-order valence-electron chi connectivity index (χ4n) is 3.84. The van der Waals surface area contributed by atoms with E-state index in [1.807, 2.05) is 66.7 Å². The van der Waals surface area contributed by atoms with E-state index in [9.17, 15) is 4.79 Å². The first-order chi connectivity index (χ1) is 16.7. The number of rotatable bonds is 11. The summed E-state index contributed by atoms with van der Waals surface area (Å²) in [6.45, 7) is 8.21. The van der Waals surface area contributed by atoms with Crippen molar-refractivity contribution < 1.29 is 4.74 Å². The lowest BCUT2D eigenvalue weighted by Gasteiger charge is -2.18. The molecule has 0 fully saturated rings. The predicted molar refractivity (Wildman–Crippen MR) is 141 cm³/mol. The summed E-state index contributed by atoms with van der Waals surface area (Å²) < 4.78 is 7.76. The zero-order valence-corrected chi connectivity index (χ0v) is 20.6. The van der Waals surface area contributed by atoms with E-state index in [4.69, 9.17) is 9.72 Å². The van der Waals surface area contributed by atoms with Crippen LogP contribution in [0.2, 0.25) is 0 Å². The molecule has 0 saturated heterocycles. The molecule has 0 bridgehead atoms. The van der Waals surface area contributed by atoms with E-state index in [1.165, 1.54) is 5.56 Å². The van der Waals surface area contributed by atoms with Crippen molar-refractivity contribution in [2.45, 2.75) is 31.3 Å². The van der Waals surface area contributed by atoms with Gasteiger partial charge in [-0.25, -0.2) is 4.98 Å². The van der Waals surface area contributed by atoms with Gasteiger partial charge in [-0.1, -0.05) is 86.3 Å². The number of aromatic nitrogens is 2. The van der Waals surface area contributed by atoms with Crippen LogP contribution in [0.5, 0.6) is 5.75 Å². The average molecular weight is 474 g/mol. The molecular weight excluding hydrogens is 442 g/mol. The molecule has 3 aromatic carbocycles. The molecule has 0 saturated carbocycles. The molecule has 0 unspecified atom stereocenters. The Labute approximate surface area is 205 Å². The number of benzene rings is 3. The molecule has 0 aliphatic heterocycles. The molecule has 0 atom stereocenters. The van der Waals surface area contributed by atoms with Gasteiger partial charge in [0, 0.05) is 12.3 Å². The van der Waals surface area contributed by atoms with E-state index >= 15 is 0 Å². The zero-order valence-electron chi connectivity index (χ0n) is 19.8. The second-order valence-electron chi connectivity index (χ2n) is 8.10. The normalized spacial score (nSPS) is 11.3. The van der Waals surface area contributed by atoms with Gasteiger partial charge in [-0.3, -0.25) is 9.36 Å². The molecule has 4 aromatic rings. The molecule has 1 heterocycles. The molecule has 0 radical (unpaired) electrons. The molecule has 4 rings (SSSR count). The third-order valence-corrected chi connectivity index (χ3v) is 6.90. The Balaban J connectivity index is 1.64. The van der Waals surface area contributed by atoms with Crippen molar-refractivity contribution in [1.82, 2.24) is 14.5 Å². The van der Waals surface area contributed by atoms with Crippen LogP contribution in [-0.2, 0) is 12.3 Å². The average Bonchev–Trinajstić information content (AvgIpc) is 2.89. The SMILES string of the molecule is CCN(CC)CCOc1ccc2nc(SCc3ccccc3)n(Cc3ccccc3)c(=O)c2c1. The van der Waals surface area contributed by atoms with Gasteiger partial charge in [-0.15, -0.1) is 0 Å². The molecule has 0 aliphatic carbocycles. The molecule has 6 heteroatoms. The molecular formula is C28H31N3O2S. The van der Waals surface area contributed by atoms with Crippen molar-refractivity contribution in [3.05, 3.63) is 100 Å². The number of fused-ring (bicyclic) bond motifs is 1. The molecule has 34 heavy (non-hydrogen) atoms. The molecule has 0 N–H and O–H groups in total. The van der Waals surface area contributed by atoms with Gasteiger partial charge in [0.2, 0.25) is 0 Å². The first kappa shape index (κ1) is 24.0. The van der Waals surface area contributed by atoms with Crippen molar-refractivity contribution in [2.75, 3.05) is 26.2 Å². The first-order valence-corrected chi connectivity index (χ1v) is 12.8. The van der Waals surface area contributed by atoms with Crippen LogP contribution in [0, 0.1) is 0 Å². The molecule has 5 nitrogen and oxygen atoms in total. The van der Waals surface area contributed by atoms with Crippen molar-refractivity contribution in [2.24, 2.45) is 0 Å². The molecule has 176 valence electrons. The van der Waals surface area contributed by atoms with Crippen molar-refractivity contribution in [3.8, 4) is 5.75 Å². The lowest BCUT2D eigenvalue weighted by atomic mass is 10.2. The van der Waals surface area contributed by atoms with E-state index < -0.39 is 0 Å². The van der Waals surface area contributed by atoms with Crippen LogP contribution in [-0.4, -0.2) is 40.7 Å². The number of hydrogen-bond donors (Lipinski definition) is 0. The van der Waals surface area contributed by atoms with E-state index in [1.54, 1.807) is 16.3 Å². The second kappa shape index (κ2) is 11.9. The quantitative estimate of drug-likeness (QED) is 0.214. The third-order valence-electron chi connectivity index (χ3n) is 5.86. The Morgan fingerprint density at radius 3 is 2.26 bits per heavy atom. The number of hydrogen-bond acceptors (Lipinski definition) is 5. The summed E-state index contributed by atoms with van der Waals surface area (Å²) in [5, 5.41) is 1.31. The highest BCUT2D eigenvalue weighted by Crippen LogP contribution is 2.24. The van der Waals surface area contributed by atoms with Crippen molar-refractivity contribution >= 4 is 22.7 Å². The highest BCUT2D eigenvalue weighted by atomic mass is 32.2. The van der Waals surface area contributed by atoms with E-state index in [-0.39, 0.29) is 5.56 Å². The van der Waals surface area contributed by atoms with Gasteiger partial charge in [0.25, 0.3) is 5.56 Å². The lowest BCUT2D eigenvalue weighted by Crippen LogP contribution is -2.28. The maximum atomic E-state index is 13.6. The first-order valence-electron chi connectivity index (χ1n) is 11.8. The number of likely N-dealkylation sites (N-methyl/N-ethyl adjacent to an activating group) is 1. The number of ether oxygens (including phenoxy) is 1. The third kappa shape index (κ3) is 6.07. The molecule has 0 spiro atoms. The molecule has 0 amide bonds. The minimum atomic E-state index is -0.0430. The van der Waals surface area contributed by atoms with Crippen LogP contribution in [0.15, 0.2) is 88.8 Å². The largest absolute Gasteiger partial charge is 0.492 e.